The number of benzene rings is 1. The zero-order valence-corrected chi connectivity index (χ0v) is 9.88. The highest BCUT2D eigenvalue weighted by Gasteiger charge is 2.10. The van der Waals surface area contributed by atoms with Crippen LogP contribution < -0.4 is 15.2 Å². The van der Waals surface area contributed by atoms with Crippen LogP contribution in [0.25, 0.3) is 10.6 Å². The van der Waals surface area contributed by atoms with Crippen LogP contribution in [-0.2, 0) is 0 Å². The molecule has 0 amide bonds. The lowest BCUT2D eigenvalue weighted by molar-refractivity contribution is 0.404. The van der Waals surface area contributed by atoms with Gasteiger partial charge >= 0.3 is 0 Å². The van der Waals surface area contributed by atoms with Crippen molar-refractivity contribution < 1.29 is 9.47 Å². The highest BCUT2D eigenvalue weighted by Crippen LogP contribution is 2.36. The number of nitrogens with zero attached hydrogens (tertiary/aromatic N) is 1. The molecule has 0 atom stereocenters. The lowest BCUT2D eigenvalue weighted by Crippen LogP contribution is -1.89. The van der Waals surface area contributed by atoms with E-state index in [1.165, 1.54) is 11.3 Å². The summed E-state index contributed by atoms with van der Waals surface area (Å²) in [6, 6.07) is 5.59. The van der Waals surface area contributed by atoms with E-state index in [0.29, 0.717) is 5.00 Å². The van der Waals surface area contributed by atoms with Crippen molar-refractivity contribution in [1.29, 1.82) is 0 Å². The van der Waals surface area contributed by atoms with Gasteiger partial charge in [-0.25, -0.2) is 4.98 Å². The predicted molar refractivity (Wildman–Crippen MR) is 65.1 cm³/mol. The van der Waals surface area contributed by atoms with E-state index in [9.17, 15) is 0 Å². The van der Waals surface area contributed by atoms with Crippen molar-refractivity contribution >= 4 is 16.3 Å². The van der Waals surface area contributed by atoms with Crippen LogP contribution in [0.3, 0.4) is 0 Å². The monoisotopic (exact) mass is 236 g/mol. The third-order valence-electron chi connectivity index (χ3n) is 2.16. The first-order valence-corrected chi connectivity index (χ1v) is 5.50. The molecule has 0 fully saturated rings. The van der Waals surface area contributed by atoms with Crippen LogP contribution in [0.2, 0.25) is 0 Å². The Morgan fingerprint density at radius 1 is 1.25 bits per heavy atom. The summed E-state index contributed by atoms with van der Waals surface area (Å²) in [6.45, 7) is 0. The van der Waals surface area contributed by atoms with Crippen molar-refractivity contribution in [2.75, 3.05) is 20.0 Å². The van der Waals surface area contributed by atoms with Crippen molar-refractivity contribution in [3.63, 3.8) is 0 Å². The Labute approximate surface area is 97.6 Å². The first-order valence-electron chi connectivity index (χ1n) is 4.68. The van der Waals surface area contributed by atoms with Gasteiger partial charge in [0.1, 0.15) is 21.5 Å². The van der Waals surface area contributed by atoms with Crippen LogP contribution in [0.15, 0.2) is 24.4 Å². The molecule has 2 N–H and O–H groups in total. The number of aromatic nitrogens is 1. The first kappa shape index (κ1) is 10.8. The summed E-state index contributed by atoms with van der Waals surface area (Å²) in [5.41, 5.74) is 6.55. The lowest BCUT2D eigenvalue weighted by Gasteiger charge is -2.07. The largest absolute Gasteiger partial charge is 0.497 e. The number of hydrogen-bond acceptors (Lipinski definition) is 5. The molecule has 0 aliphatic rings. The van der Waals surface area contributed by atoms with E-state index in [1.54, 1.807) is 20.4 Å². The third kappa shape index (κ3) is 1.94. The van der Waals surface area contributed by atoms with Crippen molar-refractivity contribution in [3.05, 3.63) is 24.4 Å². The van der Waals surface area contributed by atoms with E-state index in [1.807, 2.05) is 18.2 Å². The van der Waals surface area contributed by atoms with E-state index in [-0.39, 0.29) is 0 Å². The van der Waals surface area contributed by atoms with Crippen LogP contribution >= 0.6 is 11.3 Å². The third-order valence-corrected chi connectivity index (χ3v) is 3.02. The van der Waals surface area contributed by atoms with Crippen LogP contribution in [0.1, 0.15) is 0 Å². The molecular formula is C11H12N2O2S. The summed E-state index contributed by atoms with van der Waals surface area (Å²) in [4.78, 5) is 4.23. The molecule has 0 radical (unpaired) electrons. The second kappa shape index (κ2) is 4.40. The van der Waals surface area contributed by atoms with E-state index in [4.69, 9.17) is 15.2 Å². The molecule has 0 unspecified atom stereocenters. The molecule has 1 heterocycles. The summed E-state index contributed by atoms with van der Waals surface area (Å²) >= 11 is 1.42. The van der Waals surface area contributed by atoms with Crippen molar-refractivity contribution in [3.8, 4) is 22.1 Å². The standard InChI is InChI=1S/C11H12N2O2S/c1-14-7-3-4-9(15-2)8(5-7)11-13-6-10(12)16-11/h3-6H,12H2,1-2H3. The van der Waals surface area contributed by atoms with Crippen LogP contribution in [0.4, 0.5) is 5.00 Å². The summed E-state index contributed by atoms with van der Waals surface area (Å²) in [5, 5.41) is 1.51. The molecule has 2 rings (SSSR count). The molecule has 1 aromatic carbocycles. The van der Waals surface area contributed by atoms with Gasteiger partial charge in [-0.2, -0.15) is 0 Å². The number of ether oxygens (including phenoxy) is 2. The maximum Gasteiger partial charge on any atom is 0.129 e. The second-order valence-corrected chi connectivity index (χ2v) is 4.20. The Bertz CT molecular complexity index is 496. The molecule has 1 aromatic heterocycles. The van der Waals surface area contributed by atoms with Crippen molar-refractivity contribution in [1.82, 2.24) is 4.98 Å². The summed E-state index contributed by atoms with van der Waals surface area (Å²) < 4.78 is 10.5. The van der Waals surface area contributed by atoms with Gasteiger partial charge in [0.15, 0.2) is 0 Å². The van der Waals surface area contributed by atoms with Gasteiger partial charge in [-0.15, -0.1) is 0 Å². The van der Waals surface area contributed by atoms with Gasteiger partial charge in [0.05, 0.1) is 26.0 Å². The van der Waals surface area contributed by atoms with Gasteiger partial charge in [0.25, 0.3) is 0 Å². The molecule has 2 aromatic rings. The highest BCUT2D eigenvalue weighted by molar-refractivity contribution is 7.18. The number of anilines is 1. The molecule has 0 aliphatic heterocycles. The number of hydrogen-bond donors (Lipinski definition) is 1. The normalized spacial score (nSPS) is 10.1. The Kier molecular flexibility index (Phi) is 2.96. The van der Waals surface area contributed by atoms with E-state index in [0.717, 1.165) is 22.1 Å². The molecule has 16 heavy (non-hydrogen) atoms. The summed E-state index contributed by atoms with van der Waals surface area (Å²) in [7, 11) is 3.25. The number of thiazole rings is 1. The Hall–Kier alpha value is -1.75. The summed E-state index contributed by atoms with van der Waals surface area (Å²) in [6.07, 6.45) is 1.64. The van der Waals surface area contributed by atoms with Crippen molar-refractivity contribution in [2.24, 2.45) is 0 Å². The van der Waals surface area contributed by atoms with E-state index in [2.05, 4.69) is 4.98 Å². The van der Waals surface area contributed by atoms with Gasteiger partial charge in [-0.05, 0) is 18.2 Å². The van der Waals surface area contributed by atoms with Crippen LogP contribution in [0.5, 0.6) is 11.5 Å². The number of rotatable bonds is 3. The first-order chi connectivity index (χ1) is 7.74. The molecule has 0 spiro atoms. The molecule has 0 saturated carbocycles. The molecular weight excluding hydrogens is 224 g/mol. The average molecular weight is 236 g/mol. The zero-order valence-electron chi connectivity index (χ0n) is 9.06. The predicted octanol–water partition coefficient (Wildman–Crippen LogP) is 2.41. The Balaban J connectivity index is 2.52. The minimum absolute atomic E-state index is 0.680. The SMILES string of the molecule is COc1ccc(OC)c(-c2ncc(N)s2)c1. The molecule has 0 saturated heterocycles. The van der Waals surface area contributed by atoms with E-state index >= 15 is 0 Å². The topological polar surface area (TPSA) is 57.4 Å². The van der Waals surface area contributed by atoms with Gasteiger partial charge in [-0.1, -0.05) is 11.3 Å². The summed E-state index contributed by atoms with van der Waals surface area (Å²) in [5.74, 6) is 1.53. The van der Waals surface area contributed by atoms with Crippen molar-refractivity contribution in [2.45, 2.75) is 0 Å². The maximum atomic E-state index is 5.66. The highest BCUT2D eigenvalue weighted by atomic mass is 32.1. The van der Waals surface area contributed by atoms with Gasteiger partial charge in [0.2, 0.25) is 0 Å². The smallest absolute Gasteiger partial charge is 0.129 e. The van der Waals surface area contributed by atoms with Crippen LogP contribution in [-0.4, -0.2) is 19.2 Å². The zero-order chi connectivity index (χ0) is 11.5. The van der Waals surface area contributed by atoms with Gasteiger partial charge in [0, 0.05) is 0 Å². The second-order valence-electron chi connectivity index (χ2n) is 3.13. The van der Waals surface area contributed by atoms with E-state index < -0.39 is 0 Å². The number of methoxy groups -OCH3 is 2. The molecule has 0 aliphatic carbocycles. The molecule has 4 nitrogen and oxygen atoms in total. The quantitative estimate of drug-likeness (QED) is 0.889. The molecule has 84 valence electrons. The average Bonchev–Trinajstić information content (AvgIpc) is 2.75. The number of nitrogen functional groups attached to an aromatic ring is 1. The fourth-order valence-corrected chi connectivity index (χ4v) is 2.10. The molecule has 5 heteroatoms. The minimum Gasteiger partial charge on any atom is -0.497 e. The maximum absolute atomic E-state index is 5.66. The molecule has 0 bridgehead atoms. The van der Waals surface area contributed by atoms with Gasteiger partial charge in [-0.3, -0.25) is 0 Å². The fourth-order valence-electron chi connectivity index (χ4n) is 1.39. The number of nitrogens with two attached hydrogens (primary N) is 1. The van der Waals surface area contributed by atoms with Crippen LogP contribution in [0, 0.1) is 0 Å². The Morgan fingerprint density at radius 3 is 2.62 bits per heavy atom. The Morgan fingerprint density at radius 2 is 2.06 bits per heavy atom. The van der Waals surface area contributed by atoms with Gasteiger partial charge < -0.3 is 15.2 Å². The fraction of sp³-hybridized carbons (Fsp3) is 0.182. The minimum atomic E-state index is 0.680. The lowest BCUT2D eigenvalue weighted by atomic mass is 10.2.